The van der Waals surface area contributed by atoms with Gasteiger partial charge in [0.25, 0.3) is 0 Å². The largest absolute Gasteiger partial charge is 0.497 e. The summed E-state index contributed by atoms with van der Waals surface area (Å²) in [5.74, 6) is 0.697. The van der Waals surface area contributed by atoms with E-state index in [4.69, 9.17) is 27.9 Å². The van der Waals surface area contributed by atoms with Crippen LogP contribution in [0.5, 0.6) is 0 Å². The first-order valence-corrected chi connectivity index (χ1v) is 6.27. The minimum atomic E-state index is 0.161. The van der Waals surface area contributed by atoms with Gasteiger partial charge in [0, 0.05) is 5.69 Å². The van der Waals surface area contributed by atoms with Gasteiger partial charge in [-0.1, -0.05) is 24.3 Å². The Morgan fingerprint density at radius 3 is 2.63 bits per heavy atom. The van der Waals surface area contributed by atoms with Gasteiger partial charge in [0.15, 0.2) is 0 Å². The van der Waals surface area contributed by atoms with Crippen LogP contribution in [0.2, 0.25) is 10.4 Å². The Morgan fingerprint density at radius 2 is 2.11 bits per heavy atom. The van der Waals surface area contributed by atoms with Gasteiger partial charge < -0.3 is 9.72 Å². The Bertz CT molecular complexity index is 605. The van der Waals surface area contributed by atoms with Crippen molar-refractivity contribution in [3.8, 4) is 0 Å². The topological polar surface area (TPSA) is 50.8 Å². The van der Waals surface area contributed by atoms with E-state index in [1.807, 2.05) is 26.0 Å². The highest BCUT2D eigenvalue weighted by Gasteiger charge is 2.05. The van der Waals surface area contributed by atoms with E-state index in [0.717, 1.165) is 11.1 Å². The number of aromatic nitrogens is 3. The van der Waals surface area contributed by atoms with Crippen molar-refractivity contribution in [2.75, 3.05) is 7.11 Å². The molecule has 19 heavy (non-hydrogen) atoms. The fourth-order valence-electron chi connectivity index (χ4n) is 1.33. The molecule has 0 amide bonds. The van der Waals surface area contributed by atoms with Crippen molar-refractivity contribution in [2.45, 2.75) is 13.8 Å². The molecular weight excluding hydrogens is 285 g/mol. The van der Waals surface area contributed by atoms with E-state index in [9.17, 15) is 0 Å². The predicted octanol–water partition coefficient (Wildman–Crippen LogP) is 4.30. The first-order valence-electron chi connectivity index (χ1n) is 5.52. The summed E-state index contributed by atoms with van der Waals surface area (Å²) in [7, 11) is 1.60. The molecule has 0 radical (unpaired) electrons. The molecule has 0 aliphatic rings. The molecule has 1 N–H and O–H groups in total. The molecule has 0 aliphatic carbocycles. The second kappa shape index (κ2) is 7.16. The van der Waals surface area contributed by atoms with Crippen LogP contribution in [0.1, 0.15) is 12.6 Å². The van der Waals surface area contributed by atoms with E-state index in [1.165, 1.54) is 0 Å². The number of rotatable bonds is 2. The summed E-state index contributed by atoms with van der Waals surface area (Å²) in [6.45, 7) is 7.40. The summed E-state index contributed by atoms with van der Waals surface area (Å²) in [5, 5.41) is 1.35. The molecule has 2 aromatic heterocycles. The zero-order valence-electron chi connectivity index (χ0n) is 11.0. The van der Waals surface area contributed by atoms with Gasteiger partial charge in [0.2, 0.25) is 5.28 Å². The second-order valence-corrected chi connectivity index (χ2v) is 4.36. The van der Waals surface area contributed by atoms with E-state index in [1.54, 1.807) is 13.2 Å². The molecule has 0 fully saturated rings. The van der Waals surface area contributed by atoms with E-state index in [0.29, 0.717) is 16.6 Å². The van der Waals surface area contributed by atoms with Crippen LogP contribution in [0, 0.1) is 6.92 Å². The van der Waals surface area contributed by atoms with Gasteiger partial charge in [-0.25, -0.2) is 4.98 Å². The average molecular weight is 300 g/mol. The maximum absolute atomic E-state index is 5.82. The molecule has 2 aromatic rings. The number of hydrogen-bond acceptors (Lipinski definition) is 3. The van der Waals surface area contributed by atoms with Crippen LogP contribution in [0.25, 0.3) is 11.0 Å². The molecule has 2 rings (SSSR count). The van der Waals surface area contributed by atoms with E-state index >= 15 is 0 Å². The fraction of sp³-hybridized carbons (Fsp3) is 0.231. The number of ether oxygens (including phenoxy) is 1. The molecule has 0 bridgehead atoms. The van der Waals surface area contributed by atoms with Crippen molar-refractivity contribution in [3.05, 3.63) is 46.7 Å². The van der Waals surface area contributed by atoms with Gasteiger partial charge in [-0.05, 0) is 37.6 Å². The third kappa shape index (κ3) is 4.58. The minimum Gasteiger partial charge on any atom is -0.497 e. The van der Waals surface area contributed by atoms with Crippen molar-refractivity contribution in [1.82, 2.24) is 15.0 Å². The lowest BCUT2D eigenvalue weighted by atomic mass is 10.4. The Balaban J connectivity index is 0.000000224. The third-order valence-corrected chi connectivity index (χ3v) is 2.62. The number of hydrogen-bond donors (Lipinski definition) is 1. The van der Waals surface area contributed by atoms with Crippen molar-refractivity contribution in [1.29, 1.82) is 0 Å². The number of aryl methyl sites for hydroxylation is 1. The number of allylic oxidation sites excluding steroid dienone is 2. The molecule has 0 saturated carbocycles. The number of nitrogens with one attached hydrogen (secondary N) is 1. The SMILES string of the molecule is C=C(/C=C\C)OC.Cc1cc2c(Cl)nc(Cl)nc2[nH]1. The fourth-order valence-corrected chi connectivity index (χ4v) is 1.77. The first-order chi connectivity index (χ1) is 8.97. The van der Waals surface area contributed by atoms with Gasteiger partial charge in [0.05, 0.1) is 12.5 Å². The lowest BCUT2D eigenvalue weighted by molar-refractivity contribution is 0.309. The molecule has 0 unspecified atom stereocenters. The van der Waals surface area contributed by atoms with Crippen molar-refractivity contribution >= 4 is 34.2 Å². The number of fused-ring (bicyclic) bond motifs is 1. The van der Waals surface area contributed by atoms with Crippen LogP contribution in [-0.2, 0) is 4.74 Å². The maximum atomic E-state index is 5.82. The lowest BCUT2D eigenvalue weighted by Gasteiger charge is -1.92. The summed E-state index contributed by atoms with van der Waals surface area (Å²) in [6, 6.07) is 1.88. The minimum absolute atomic E-state index is 0.161. The summed E-state index contributed by atoms with van der Waals surface area (Å²) in [4.78, 5) is 10.8. The molecule has 0 atom stereocenters. The van der Waals surface area contributed by atoms with Crippen LogP contribution in [0.3, 0.4) is 0 Å². The molecule has 2 heterocycles. The molecular formula is C13H15Cl2N3O. The van der Waals surface area contributed by atoms with Crippen LogP contribution < -0.4 is 0 Å². The predicted molar refractivity (Wildman–Crippen MR) is 79.6 cm³/mol. The average Bonchev–Trinajstić information content (AvgIpc) is 2.71. The zero-order chi connectivity index (χ0) is 14.4. The number of aromatic amines is 1. The summed E-state index contributed by atoms with van der Waals surface area (Å²) in [6.07, 6.45) is 3.69. The van der Waals surface area contributed by atoms with Crippen LogP contribution in [0.15, 0.2) is 30.6 Å². The highest BCUT2D eigenvalue weighted by molar-refractivity contribution is 6.35. The van der Waals surface area contributed by atoms with Gasteiger partial charge >= 0.3 is 0 Å². The van der Waals surface area contributed by atoms with Gasteiger partial charge in [-0.2, -0.15) is 4.98 Å². The Labute approximate surface area is 122 Å². The van der Waals surface area contributed by atoms with Crippen molar-refractivity contribution in [2.24, 2.45) is 0 Å². The van der Waals surface area contributed by atoms with Crippen molar-refractivity contribution < 1.29 is 4.74 Å². The molecule has 4 nitrogen and oxygen atoms in total. The Hall–Kier alpha value is -1.52. The number of H-pyrrole nitrogens is 1. The smallest absolute Gasteiger partial charge is 0.225 e. The standard InChI is InChI=1S/C7H5Cl2N3.C6H10O/c1-3-2-4-5(8)11-7(9)12-6(4)10-3;1-4-5-6(2)7-3/h2H,1H3,(H,10,11,12);4-5H,2H2,1,3H3/b;5-4-. The second-order valence-electron chi connectivity index (χ2n) is 3.67. The van der Waals surface area contributed by atoms with Crippen LogP contribution >= 0.6 is 23.2 Å². The number of nitrogens with zero attached hydrogens (tertiary/aromatic N) is 2. The normalized spacial score (nSPS) is 10.4. The quantitative estimate of drug-likeness (QED) is 0.389. The van der Waals surface area contributed by atoms with Crippen molar-refractivity contribution in [3.63, 3.8) is 0 Å². The zero-order valence-corrected chi connectivity index (χ0v) is 12.5. The van der Waals surface area contributed by atoms with E-state index in [-0.39, 0.29) is 5.28 Å². The van der Waals surface area contributed by atoms with E-state index in [2.05, 4.69) is 21.5 Å². The summed E-state index contributed by atoms with van der Waals surface area (Å²) >= 11 is 11.4. The molecule has 0 aliphatic heterocycles. The molecule has 0 spiro atoms. The summed E-state index contributed by atoms with van der Waals surface area (Å²) < 4.78 is 4.71. The van der Waals surface area contributed by atoms with Gasteiger partial charge in [0.1, 0.15) is 16.6 Å². The van der Waals surface area contributed by atoms with Gasteiger partial charge in [-0.15, -0.1) is 0 Å². The monoisotopic (exact) mass is 299 g/mol. The molecule has 0 saturated heterocycles. The third-order valence-electron chi connectivity index (χ3n) is 2.16. The number of halogens is 2. The number of methoxy groups -OCH3 is 1. The first kappa shape index (κ1) is 15.5. The molecule has 102 valence electrons. The Morgan fingerprint density at radius 1 is 1.42 bits per heavy atom. The highest BCUT2D eigenvalue weighted by atomic mass is 35.5. The van der Waals surface area contributed by atoms with Gasteiger partial charge in [-0.3, -0.25) is 0 Å². The highest BCUT2D eigenvalue weighted by Crippen LogP contribution is 2.22. The molecule has 6 heteroatoms. The van der Waals surface area contributed by atoms with Crippen LogP contribution in [-0.4, -0.2) is 22.1 Å². The van der Waals surface area contributed by atoms with Crippen LogP contribution in [0.4, 0.5) is 0 Å². The summed E-state index contributed by atoms with van der Waals surface area (Å²) in [5.41, 5.74) is 1.67. The van der Waals surface area contributed by atoms with E-state index < -0.39 is 0 Å². The molecule has 0 aromatic carbocycles. The lowest BCUT2D eigenvalue weighted by Crippen LogP contribution is -1.83. The maximum Gasteiger partial charge on any atom is 0.225 e. The Kier molecular flexibility index (Phi) is 5.86.